The number of carbonyl (C=O) groups is 3. The summed E-state index contributed by atoms with van der Waals surface area (Å²) in [5, 5.41) is 11.6. The van der Waals surface area contributed by atoms with Crippen molar-refractivity contribution in [1.29, 1.82) is 0 Å². The van der Waals surface area contributed by atoms with Crippen LogP contribution < -0.4 is 5.32 Å². The van der Waals surface area contributed by atoms with Crippen LogP contribution in [-0.2, 0) is 9.59 Å². The Kier molecular flexibility index (Phi) is 7.53. The molecule has 0 saturated heterocycles. The average Bonchev–Trinajstić information content (AvgIpc) is 2.88. The fourth-order valence-corrected chi connectivity index (χ4v) is 3.24. The van der Waals surface area contributed by atoms with Crippen molar-refractivity contribution in [2.75, 3.05) is 20.1 Å². The smallest absolute Gasteiger partial charge is 0.308 e. The normalized spacial score (nSPS) is 11.8. The number of carbonyl (C=O) groups excluding carboxylic acids is 2. The molecular weight excluding hydrogens is 372 g/mol. The van der Waals surface area contributed by atoms with E-state index in [0.29, 0.717) is 11.3 Å². The average molecular weight is 391 g/mol. The summed E-state index contributed by atoms with van der Waals surface area (Å²) in [6.45, 7) is 1.87. The summed E-state index contributed by atoms with van der Waals surface area (Å²) in [6.07, 6.45) is 1.24. The van der Waals surface area contributed by atoms with Crippen molar-refractivity contribution < 1.29 is 19.5 Å². The van der Waals surface area contributed by atoms with Crippen molar-refractivity contribution in [3.8, 4) is 0 Å². The molecule has 1 aromatic heterocycles. The van der Waals surface area contributed by atoms with Crippen LogP contribution >= 0.6 is 27.3 Å². The quantitative estimate of drug-likeness (QED) is 0.712. The Labute approximate surface area is 141 Å². The molecule has 1 rings (SSSR count). The number of nitrogens with one attached hydrogen (secondary N) is 1. The lowest BCUT2D eigenvalue weighted by atomic mass is 10.0. The Balaban J connectivity index is 2.47. The molecule has 2 amide bonds. The second-order valence-corrected chi connectivity index (χ2v) is 7.36. The Hall–Kier alpha value is -1.41. The molecule has 0 saturated carbocycles. The maximum absolute atomic E-state index is 12.1. The van der Waals surface area contributed by atoms with Gasteiger partial charge in [0.05, 0.1) is 21.1 Å². The van der Waals surface area contributed by atoms with E-state index in [1.165, 1.54) is 23.3 Å². The largest absolute Gasteiger partial charge is 0.481 e. The molecule has 0 radical (unpaired) electrons. The van der Waals surface area contributed by atoms with Crippen LogP contribution in [0.25, 0.3) is 0 Å². The molecular formula is C14H19BrN2O4S. The second-order valence-electron chi connectivity index (χ2n) is 4.89. The third kappa shape index (κ3) is 5.76. The zero-order valence-electron chi connectivity index (χ0n) is 12.5. The first kappa shape index (κ1) is 18.6. The molecule has 1 unspecified atom stereocenters. The van der Waals surface area contributed by atoms with E-state index in [1.54, 1.807) is 12.1 Å². The zero-order valence-corrected chi connectivity index (χ0v) is 14.9. The van der Waals surface area contributed by atoms with Crippen LogP contribution in [0.1, 0.15) is 29.4 Å². The van der Waals surface area contributed by atoms with Crippen LogP contribution in [0.3, 0.4) is 0 Å². The highest BCUT2D eigenvalue weighted by Gasteiger charge is 2.19. The van der Waals surface area contributed by atoms with Crippen molar-refractivity contribution in [1.82, 2.24) is 10.2 Å². The van der Waals surface area contributed by atoms with E-state index in [4.69, 9.17) is 5.11 Å². The summed E-state index contributed by atoms with van der Waals surface area (Å²) in [6, 6.07) is 3.46. The number of carboxylic acids is 1. The molecule has 0 bridgehead atoms. The fourth-order valence-electron chi connectivity index (χ4n) is 1.86. The Morgan fingerprint density at radius 3 is 2.59 bits per heavy atom. The lowest BCUT2D eigenvalue weighted by Crippen LogP contribution is -2.40. The minimum atomic E-state index is -0.921. The molecule has 6 nitrogen and oxygen atoms in total. The van der Waals surface area contributed by atoms with Gasteiger partial charge in [0.2, 0.25) is 5.91 Å². The molecule has 2 N–H and O–H groups in total. The molecule has 0 aliphatic heterocycles. The summed E-state index contributed by atoms with van der Waals surface area (Å²) < 4.78 is 0.845. The van der Waals surface area contributed by atoms with Crippen molar-refractivity contribution >= 4 is 45.1 Å². The van der Waals surface area contributed by atoms with E-state index in [-0.39, 0.29) is 24.9 Å². The van der Waals surface area contributed by atoms with Gasteiger partial charge in [0.15, 0.2) is 0 Å². The lowest BCUT2D eigenvalue weighted by molar-refractivity contribution is -0.142. The van der Waals surface area contributed by atoms with E-state index < -0.39 is 11.9 Å². The second kappa shape index (κ2) is 8.89. The molecule has 8 heteroatoms. The number of hydrogen-bond donors (Lipinski definition) is 2. The van der Waals surface area contributed by atoms with Crippen molar-refractivity contribution in [3.63, 3.8) is 0 Å². The van der Waals surface area contributed by atoms with Gasteiger partial charge in [-0.1, -0.05) is 13.3 Å². The molecule has 122 valence electrons. The highest BCUT2D eigenvalue weighted by molar-refractivity contribution is 9.11. The zero-order chi connectivity index (χ0) is 16.7. The van der Waals surface area contributed by atoms with Gasteiger partial charge in [-0.3, -0.25) is 14.4 Å². The standard InChI is InChI=1S/C14H19BrN2O4S/c1-3-4-9(14(20)21)7-16-12(18)8-17(2)13(19)10-5-6-11(15)22-10/h5-6,9H,3-4,7-8H2,1-2H3,(H,16,18)(H,20,21). The number of nitrogens with zero attached hydrogens (tertiary/aromatic N) is 1. The van der Waals surface area contributed by atoms with Crippen LogP contribution in [0.15, 0.2) is 15.9 Å². The van der Waals surface area contributed by atoms with Gasteiger partial charge in [-0.2, -0.15) is 0 Å². The van der Waals surface area contributed by atoms with Crippen molar-refractivity contribution in [3.05, 3.63) is 20.8 Å². The van der Waals surface area contributed by atoms with E-state index in [9.17, 15) is 14.4 Å². The Bertz CT molecular complexity index is 547. The maximum Gasteiger partial charge on any atom is 0.308 e. The third-order valence-electron chi connectivity index (χ3n) is 3.04. The van der Waals surface area contributed by atoms with Crippen LogP contribution in [0.2, 0.25) is 0 Å². The molecule has 22 heavy (non-hydrogen) atoms. The summed E-state index contributed by atoms with van der Waals surface area (Å²) in [4.78, 5) is 36.8. The topological polar surface area (TPSA) is 86.7 Å². The van der Waals surface area contributed by atoms with Crippen LogP contribution in [0.4, 0.5) is 0 Å². The van der Waals surface area contributed by atoms with Gasteiger partial charge in [-0.25, -0.2) is 0 Å². The first-order valence-electron chi connectivity index (χ1n) is 6.85. The minimum absolute atomic E-state index is 0.0780. The molecule has 0 aromatic carbocycles. The number of carboxylic acid groups (broad SMARTS) is 1. The molecule has 1 aromatic rings. The van der Waals surface area contributed by atoms with Gasteiger partial charge in [-0.15, -0.1) is 11.3 Å². The molecule has 0 aliphatic rings. The molecule has 0 spiro atoms. The van der Waals surface area contributed by atoms with E-state index in [1.807, 2.05) is 6.92 Å². The molecule has 0 aliphatic carbocycles. The van der Waals surface area contributed by atoms with Crippen molar-refractivity contribution in [2.45, 2.75) is 19.8 Å². The molecule has 1 atom stereocenters. The fraction of sp³-hybridized carbons (Fsp3) is 0.500. The van der Waals surface area contributed by atoms with E-state index in [2.05, 4.69) is 21.2 Å². The first-order chi connectivity index (χ1) is 10.3. The van der Waals surface area contributed by atoms with Gasteiger partial charge in [-0.05, 0) is 34.5 Å². The maximum atomic E-state index is 12.1. The number of likely N-dealkylation sites (N-methyl/N-ethyl adjacent to an activating group) is 1. The van der Waals surface area contributed by atoms with Crippen LogP contribution in [-0.4, -0.2) is 47.9 Å². The molecule has 0 fully saturated rings. The van der Waals surface area contributed by atoms with Gasteiger partial charge >= 0.3 is 5.97 Å². The minimum Gasteiger partial charge on any atom is -0.481 e. The summed E-state index contributed by atoms with van der Waals surface area (Å²) >= 11 is 4.58. The number of hydrogen-bond acceptors (Lipinski definition) is 4. The summed E-state index contributed by atoms with van der Waals surface area (Å²) in [7, 11) is 1.54. The van der Waals surface area contributed by atoms with E-state index in [0.717, 1.165) is 10.2 Å². The third-order valence-corrected chi connectivity index (χ3v) is 4.66. The predicted molar refractivity (Wildman–Crippen MR) is 88.0 cm³/mol. The highest BCUT2D eigenvalue weighted by Crippen LogP contribution is 2.22. The van der Waals surface area contributed by atoms with Gasteiger partial charge in [0.1, 0.15) is 0 Å². The highest BCUT2D eigenvalue weighted by atomic mass is 79.9. The first-order valence-corrected chi connectivity index (χ1v) is 8.46. The van der Waals surface area contributed by atoms with E-state index >= 15 is 0 Å². The summed E-state index contributed by atoms with van der Waals surface area (Å²) in [5.74, 6) is -2.12. The SMILES string of the molecule is CCCC(CNC(=O)CN(C)C(=O)c1ccc(Br)s1)C(=O)O. The number of halogens is 1. The van der Waals surface area contributed by atoms with Crippen LogP contribution in [0.5, 0.6) is 0 Å². The number of aliphatic carboxylic acids is 1. The lowest BCUT2D eigenvalue weighted by Gasteiger charge is -2.17. The Morgan fingerprint density at radius 1 is 1.41 bits per heavy atom. The number of rotatable bonds is 8. The van der Waals surface area contributed by atoms with Gasteiger partial charge in [0, 0.05) is 13.6 Å². The summed E-state index contributed by atoms with van der Waals surface area (Å²) in [5.41, 5.74) is 0. The van der Waals surface area contributed by atoms with Crippen LogP contribution in [0, 0.1) is 5.92 Å². The van der Waals surface area contributed by atoms with Gasteiger partial charge < -0.3 is 15.3 Å². The van der Waals surface area contributed by atoms with Gasteiger partial charge in [0.25, 0.3) is 5.91 Å². The Morgan fingerprint density at radius 2 is 2.09 bits per heavy atom. The number of thiophene rings is 1. The number of amides is 2. The predicted octanol–water partition coefficient (Wildman–Crippen LogP) is 2.20. The van der Waals surface area contributed by atoms with Crippen molar-refractivity contribution in [2.24, 2.45) is 5.92 Å². The monoisotopic (exact) mass is 390 g/mol. The molecule has 1 heterocycles.